The number of hydrogen-bond donors (Lipinski definition) is 1. The molecule has 0 aromatic carbocycles. The highest BCUT2D eigenvalue weighted by molar-refractivity contribution is 5.96. The van der Waals surface area contributed by atoms with Crippen LogP contribution in [0.3, 0.4) is 0 Å². The normalized spacial score (nSPS) is 14.8. The molecule has 1 radical (unpaired) electrons. The molecule has 2 amide bonds. The van der Waals surface area contributed by atoms with E-state index in [1.165, 1.54) is 18.9 Å². The van der Waals surface area contributed by atoms with Crippen molar-refractivity contribution < 1.29 is 14.3 Å². The average molecular weight is 187 g/mol. The summed E-state index contributed by atoms with van der Waals surface area (Å²) < 4.78 is 4.84. The Bertz CT molecular complexity index is 215. The van der Waals surface area contributed by atoms with Gasteiger partial charge in [0.1, 0.15) is 0 Å². The van der Waals surface area contributed by atoms with Crippen molar-refractivity contribution in [1.29, 1.82) is 0 Å². The van der Waals surface area contributed by atoms with E-state index < -0.39 is 11.5 Å². The fourth-order valence-corrected chi connectivity index (χ4v) is 0.595. The Morgan fingerprint density at radius 2 is 1.92 bits per heavy atom. The third-order valence-electron chi connectivity index (χ3n) is 1.75. The summed E-state index contributed by atoms with van der Waals surface area (Å²) in [4.78, 5) is 23.4. The zero-order chi connectivity index (χ0) is 10.6. The molecule has 0 aromatic rings. The molecule has 1 unspecified atom stereocenters. The molecule has 75 valence electrons. The second-order valence-corrected chi connectivity index (χ2v) is 3.05. The van der Waals surface area contributed by atoms with Crippen molar-refractivity contribution in [2.45, 2.75) is 12.5 Å². The molecule has 0 aliphatic rings. The number of hydrogen-bond acceptors (Lipinski definition) is 3. The predicted octanol–water partition coefficient (Wildman–Crippen LogP) is -0.831. The van der Waals surface area contributed by atoms with Gasteiger partial charge in [0.2, 0.25) is 11.8 Å². The predicted molar refractivity (Wildman–Crippen MR) is 47.6 cm³/mol. The Labute approximate surface area is 77.8 Å². The first-order valence-electron chi connectivity index (χ1n) is 3.75. The first-order valence-corrected chi connectivity index (χ1v) is 3.75. The van der Waals surface area contributed by atoms with Crippen LogP contribution in [0.4, 0.5) is 0 Å². The monoisotopic (exact) mass is 187 g/mol. The van der Waals surface area contributed by atoms with E-state index in [-0.39, 0.29) is 5.91 Å². The highest BCUT2D eigenvalue weighted by Crippen LogP contribution is 2.13. The van der Waals surface area contributed by atoms with Crippen LogP contribution in [0.25, 0.3) is 0 Å². The van der Waals surface area contributed by atoms with Gasteiger partial charge in [0.25, 0.3) is 0 Å². The van der Waals surface area contributed by atoms with Gasteiger partial charge in [-0.1, -0.05) is 0 Å². The maximum Gasteiger partial charge on any atom is 0.250 e. The highest BCUT2D eigenvalue weighted by atomic mass is 16.5. The lowest BCUT2D eigenvalue weighted by molar-refractivity contribution is -0.140. The summed E-state index contributed by atoms with van der Waals surface area (Å²) in [5, 5.41) is 0. The van der Waals surface area contributed by atoms with Crippen LogP contribution in [-0.4, -0.2) is 43.5 Å². The average Bonchev–Trinajstić information content (AvgIpc) is 2.03. The van der Waals surface area contributed by atoms with Crippen LogP contribution in [0.5, 0.6) is 0 Å². The number of nitrogens with two attached hydrogens (primary N) is 1. The van der Waals surface area contributed by atoms with E-state index in [9.17, 15) is 9.59 Å². The zero-order valence-electron chi connectivity index (χ0n) is 8.33. The van der Waals surface area contributed by atoms with Crippen molar-refractivity contribution in [3.63, 3.8) is 0 Å². The van der Waals surface area contributed by atoms with Crippen molar-refractivity contribution in [1.82, 2.24) is 4.90 Å². The molecule has 0 spiro atoms. The van der Waals surface area contributed by atoms with E-state index in [2.05, 4.69) is 0 Å². The number of carbonyl (C=O) groups is 2. The second kappa shape index (κ2) is 4.23. The molecule has 13 heavy (non-hydrogen) atoms. The maximum atomic E-state index is 11.2. The number of amides is 2. The molecular formula is C8H15N2O3. The van der Waals surface area contributed by atoms with E-state index in [0.29, 0.717) is 0 Å². The minimum atomic E-state index is -1.33. The first kappa shape index (κ1) is 11.9. The molecule has 0 heterocycles. The van der Waals surface area contributed by atoms with Crippen LogP contribution in [-0.2, 0) is 14.3 Å². The van der Waals surface area contributed by atoms with Gasteiger partial charge in [-0.2, -0.15) is 0 Å². The topological polar surface area (TPSA) is 72.6 Å². The Kier molecular flexibility index (Phi) is 3.87. The smallest absolute Gasteiger partial charge is 0.250 e. The summed E-state index contributed by atoms with van der Waals surface area (Å²) in [5.41, 5.74) is 3.73. The summed E-state index contributed by atoms with van der Waals surface area (Å²) in [5.74, 6) is -1.01. The fourth-order valence-electron chi connectivity index (χ4n) is 0.595. The van der Waals surface area contributed by atoms with E-state index >= 15 is 0 Å². The molecule has 0 aliphatic carbocycles. The number of primary amides is 1. The van der Waals surface area contributed by atoms with E-state index in [4.69, 9.17) is 10.5 Å². The van der Waals surface area contributed by atoms with Gasteiger partial charge in [-0.25, -0.2) is 0 Å². The summed E-state index contributed by atoms with van der Waals surface area (Å²) in [6, 6.07) is 0. The molecule has 0 bridgehead atoms. The Morgan fingerprint density at radius 1 is 1.46 bits per heavy atom. The van der Waals surface area contributed by atoms with Gasteiger partial charge in [0.05, 0.1) is 6.42 Å². The van der Waals surface area contributed by atoms with Gasteiger partial charge >= 0.3 is 0 Å². The van der Waals surface area contributed by atoms with Crippen LogP contribution in [0.15, 0.2) is 0 Å². The van der Waals surface area contributed by atoms with E-state index in [1.807, 2.05) is 0 Å². The summed E-state index contributed by atoms with van der Waals surface area (Å²) in [6.45, 7) is 1.44. The Morgan fingerprint density at radius 3 is 2.15 bits per heavy atom. The first-order chi connectivity index (χ1) is 5.83. The minimum absolute atomic E-state index is 0.317. The van der Waals surface area contributed by atoms with Crippen molar-refractivity contribution in [2.75, 3.05) is 21.2 Å². The Balaban J connectivity index is 4.45. The number of methoxy groups -OCH3 is 1. The third kappa shape index (κ3) is 3.02. The molecular weight excluding hydrogens is 172 g/mol. The van der Waals surface area contributed by atoms with Crippen molar-refractivity contribution in [3.8, 4) is 0 Å². The van der Waals surface area contributed by atoms with E-state index in [1.54, 1.807) is 14.1 Å². The van der Waals surface area contributed by atoms with Crippen LogP contribution in [0, 0.1) is 6.42 Å². The van der Waals surface area contributed by atoms with Crippen molar-refractivity contribution in [2.24, 2.45) is 5.73 Å². The maximum absolute atomic E-state index is 11.2. The number of rotatable bonds is 4. The lowest BCUT2D eigenvalue weighted by Gasteiger charge is -2.24. The second-order valence-electron chi connectivity index (χ2n) is 3.05. The van der Waals surface area contributed by atoms with Crippen LogP contribution >= 0.6 is 0 Å². The molecule has 1 atom stereocenters. The number of carbonyl (C=O) groups excluding carboxylic acids is 2. The van der Waals surface area contributed by atoms with Gasteiger partial charge in [-0.3, -0.25) is 9.59 Å². The zero-order valence-corrected chi connectivity index (χ0v) is 8.33. The quantitative estimate of drug-likeness (QED) is 0.624. The summed E-state index contributed by atoms with van der Waals surface area (Å²) in [7, 11) is 4.48. The third-order valence-corrected chi connectivity index (χ3v) is 1.75. The van der Waals surface area contributed by atoms with Crippen LogP contribution in [0.1, 0.15) is 6.92 Å². The van der Waals surface area contributed by atoms with E-state index in [0.717, 1.165) is 6.42 Å². The molecule has 0 saturated carbocycles. The number of nitrogens with zero attached hydrogens (tertiary/aromatic N) is 1. The number of ether oxygens (including phenoxy) is 1. The van der Waals surface area contributed by atoms with Crippen molar-refractivity contribution >= 4 is 11.8 Å². The van der Waals surface area contributed by atoms with Crippen LogP contribution in [0.2, 0.25) is 0 Å². The van der Waals surface area contributed by atoms with Gasteiger partial charge in [0.15, 0.2) is 5.60 Å². The highest BCUT2D eigenvalue weighted by Gasteiger charge is 2.34. The largest absolute Gasteiger partial charge is 0.368 e. The molecule has 0 rings (SSSR count). The van der Waals surface area contributed by atoms with Gasteiger partial charge in [-0.15, -0.1) is 0 Å². The van der Waals surface area contributed by atoms with Crippen LogP contribution < -0.4 is 5.73 Å². The fraction of sp³-hybridized carbons (Fsp3) is 0.625. The molecule has 0 saturated heterocycles. The lowest BCUT2D eigenvalue weighted by Crippen LogP contribution is -2.47. The Hall–Kier alpha value is -1.10. The SMILES string of the molecule is COC(C)([CH]C(=O)N(C)C)C(N)=O. The standard InChI is InChI=1S/C8H15N2O3/c1-8(13-4,7(9)12)5-6(11)10(2)3/h5H,1-4H3,(H2,9,12). The minimum Gasteiger partial charge on any atom is -0.368 e. The van der Waals surface area contributed by atoms with Crippen molar-refractivity contribution in [3.05, 3.63) is 6.42 Å². The van der Waals surface area contributed by atoms with Gasteiger partial charge in [0, 0.05) is 21.2 Å². The lowest BCUT2D eigenvalue weighted by atomic mass is 10.0. The molecule has 5 nitrogen and oxygen atoms in total. The molecule has 0 aromatic heterocycles. The molecule has 2 N–H and O–H groups in total. The molecule has 5 heteroatoms. The molecule has 0 fully saturated rings. The van der Waals surface area contributed by atoms with Gasteiger partial charge in [-0.05, 0) is 6.92 Å². The summed E-state index contributed by atoms with van der Waals surface area (Å²) in [6.07, 6.45) is 1.15. The summed E-state index contributed by atoms with van der Waals surface area (Å²) >= 11 is 0. The van der Waals surface area contributed by atoms with Gasteiger partial charge < -0.3 is 15.4 Å². The molecule has 0 aliphatic heterocycles.